The van der Waals surface area contributed by atoms with Gasteiger partial charge in [-0.2, -0.15) is 5.26 Å². The highest BCUT2D eigenvalue weighted by molar-refractivity contribution is 5.89. The largest absolute Gasteiger partial charge is 0.356 e. The predicted molar refractivity (Wildman–Crippen MR) is 126 cm³/mol. The van der Waals surface area contributed by atoms with Gasteiger partial charge in [-0.1, -0.05) is 38.8 Å². The Hall–Kier alpha value is -2.95. The number of nitrogens with one attached hydrogen (secondary N) is 3. The van der Waals surface area contributed by atoms with Crippen LogP contribution in [0.1, 0.15) is 57.9 Å². The number of halogens is 1. The van der Waals surface area contributed by atoms with Crippen LogP contribution in [0, 0.1) is 40.8 Å². The van der Waals surface area contributed by atoms with Crippen LogP contribution in [-0.2, 0) is 20.8 Å². The molecule has 2 saturated heterocycles. The number of benzene rings is 1. The smallest absolute Gasteiger partial charge is 0.243 e. The number of fused-ring (bicyclic) bond motifs is 1. The second kappa shape index (κ2) is 12.0. The van der Waals surface area contributed by atoms with Crippen LogP contribution in [0.2, 0.25) is 0 Å². The van der Waals surface area contributed by atoms with E-state index in [9.17, 15) is 24.0 Å². The lowest BCUT2D eigenvalue weighted by molar-refractivity contribution is -0.132. The molecule has 1 aromatic rings. The second-order valence-electron chi connectivity index (χ2n) is 10.0. The normalized spacial score (nSPS) is 28.8. The van der Waals surface area contributed by atoms with Crippen LogP contribution in [0.5, 0.6) is 0 Å². The SMILES string of the molecule is CC(C)C[C@@H]1NC(=O)[C@@H](Cc2ccc(F)cc2)CCCC[C@@H]2CNC(=O)[C@@H]2C[C@@H](C#N)NC1=O. The fourth-order valence-electron chi connectivity index (χ4n) is 5.01. The van der Waals surface area contributed by atoms with Crippen LogP contribution in [-0.4, -0.2) is 36.3 Å². The molecule has 0 aromatic heterocycles. The fraction of sp³-hybridized carbons (Fsp3) is 0.615. The molecule has 0 unspecified atom stereocenters. The molecule has 3 amide bonds. The maximum absolute atomic E-state index is 13.4. The van der Waals surface area contributed by atoms with Crippen molar-refractivity contribution < 1.29 is 18.8 Å². The van der Waals surface area contributed by atoms with Crippen molar-refractivity contribution in [3.05, 3.63) is 35.6 Å². The minimum absolute atomic E-state index is 0.0622. The first-order valence-electron chi connectivity index (χ1n) is 12.3. The van der Waals surface area contributed by atoms with E-state index >= 15 is 0 Å². The average molecular weight is 471 g/mol. The van der Waals surface area contributed by atoms with Crippen molar-refractivity contribution in [3.63, 3.8) is 0 Å². The molecule has 3 rings (SSSR count). The van der Waals surface area contributed by atoms with Gasteiger partial charge in [-0.3, -0.25) is 14.4 Å². The number of nitrogens with zero attached hydrogens (tertiary/aromatic N) is 1. The van der Waals surface area contributed by atoms with Crippen molar-refractivity contribution in [3.8, 4) is 6.07 Å². The Kier molecular flexibility index (Phi) is 9.03. The van der Waals surface area contributed by atoms with Crippen molar-refractivity contribution in [2.75, 3.05) is 6.54 Å². The van der Waals surface area contributed by atoms with Crippen molar-refractivity contribution in [2.24, 2.45) is 23.7 Å². The quantitative estimate of drug-likeness (QED) is 0.628. The monoisotopic (exact) mass is 470 g/mol. The first-order chi connectivity index (χ1) is 16.3. The lowest BCUT2D eigenvalue weighted by Crippen LogP contribution is -2.52. The molecule has 2 aliphatic rings. The molecular formula is C26H35FN4O3. The van der Waals surface area contributed by atoms with Crippen molar-refractivity contribution in [1.29, 1.82) is 5.26 Å². The van der Waals surface area contributed by atoms with Gasteiger partial charge in [0.05, 0.1) is 6.07 Å². The van der Waals surface area contributed by atoms with Crippen molar-refractivity contribution in [1.82, 2.24) is 16.0 Å². The van der Waals surface area contributed by atoms with Gasteiger partial charge in [0.1, 0.15) is 17.9 Å². The van der Waals surface area contributed by atoms with E-state index in [1.807, 2.05) is 13.8 Å². The number of hydrogen-bond donors (Lipinski definition) is 3. The summed E-state index contributed by atoms with van der Waals surface area (Å²) < 4.78 is 13.4. The second-order valence-corrected chi connectivity index (χ2v) is 10.0. The molecule has 0 spiro atoms. The Balaban J connectivity index is 1.83. The summed E-state index contributed by atoms with van der Waals surface area (Å²) in [6.07, 6.45) is 4.28. The van der Waals surface area contributed by atoms with Crippen LogP contribution in [0.15, 0.2) is 24.3 Å². The Morgan fingerprint density at radius 1 is 1.03 bits per heavy atom. The zero-order valence-electron chi connectivity index (χ0n) is 20.0. The van der Waals surface area contributed by atoms with E-state index in [0.29, 0.717) is 25.8 Å². The Morgan fingerprint density at radius 2 is 1.74 bits per heavy atom. The maximum atomic E-state index is 13.4. The average Bonchev–Trinajstić information content (AvgIpc) is 3.14. The van der Waals surface area contributed by atoms with Gasteiger partial charge in [0.2, 0.25) is 17.7 Å². The highest BCUT2D eigenvalue weighted by Crippen LogP contribution is 2.29. The third-order valence-corrected chi connectivity index (χ3v) is 6.89. The molecule has 5 atom stereocenters. The van der Waals surface area contributed by atoms with Gasteiger partial charge in [-0.15, -0.1) is 0 Å². The zero-order valence-corrected chi connectivity index (χ0v) is 20.0. The molecule has 0 saturated carbocycles. The lowest BCUT2D eigenvalue weighted by atomic mass is 9.84. The lowest BCUT2D eigenvalue weighted by Gasteiger charge is -2.27. The van der Waals surface area contributed by atoms with E-state index in [2.05, 4.69) is 22.0 Å². The fourth-order valence-corrected chi connectivity index (χ4v) is 5.01. The van der Waals surface area contributed by atoms with Crippen LogP contribution >= 0.6 is 0 Å². The topological polar surface area (TPSA) is 111 Å². The van der Waals surface area contributed by atoms with Gasteiger partial charge in [0.15, 0.2) is 0 Å². The minimum atomic E-state index is -0.798. The van der Waals surface area contributed by atoms with Gasteiger partial charge < -0.3 is 16.0 Å². The van der Waals surface area contributed by atoms with Crippen LogP contribution in [0.25, 0.3) is 0 Å². The van der Waals surface area contributed by atoms with Gasteiger partial charge in [-0.05, 0) is 61.6 Å². The van der Waals surface area contributed by atoms with Gasteiger partial charge in [-0.25, -0.2) is 4.39 Å². The van der Waals surface area contributed by atoms with E-state index in [1.54, 1.807) is 12.1 Å². The Morgan fingerprint density at radius 3 is 2.41 bits per heavy atom. The van der Waals surface area contributed by atoms with Crippen molar-refractivity contribution in [2.45, 2.75) is 70.9 Å². The van der Waals surface area contributed by atoms with Gasteiger partial charge in [0, 0.05) is 18.4 Å². The summed E-state index contributed by atoms with van der Waals surface area (Å²) in [6, 6.07) is 6.70. The highest BCUT2D eigenvalue weighted by atomic mass is 19.1. The van der Waals surface area contributed by atoms with E-state index < -0.39 is 18.0 Å². The molecule has 1 aromatic carbocycles. The summed E-state index contributed by atoms with van der Waals surface area (Å²) in [6.45, 7) is 4.51. The number of carbonyl (C=O) groups is 3. The molecule has 2 heterocycles. The summed E-state index contributed by atoms with van der Waals surface area (Å²) >= 11 is 0. The molecule has 7 nitrogen and oxygen atoms in total. The predicted octanol–water partition coefficient (Wildman–Crippen LogP) is 2.85. The summed E-state index contributed by atoms with van der Waals surface area (Å²) in [5, 5.41) is 18.2. The molecule has 0 bridgehead atoms. The number of rotatable bonds is 4. The molecule has 184 valence electrons. The molecule has 34 heavy (non-hydrogen) atoms. The van der Waals surface area contributed by atoms with Crippen LogP contribution in [0.4, 0.5) is 4.39 Å². The first-order valence-corrected chi connectivity index (χ1v) is 12.3. The van der Waals surface area contributed by atoms with E-state index in [0.717, 1.165) is 24.8 Å². The Labute approximate surface area is 200 Å². The molecular weight excluding hydrogens is 435 g/mol. The standard InChI is InChI=1S/C26H35FN4O3/c1-16(2)11-23-26(34)30-21(14-28)13-22-19(15-29-25(22)33)6-4-3-5-18(24(32)31-23)12-17-7-9-20(27)10-8-17/h7-10,16,18-19,21-23H,3-6,11-13,15H2,1-2H3,(H,29,33)(H,30,34)(H,31,32)/t18-,19-,21+,22-,23+/m1/s1. The van der Waals surface area contributed by atoms with Crippen molar-refractivity contribution >= 4 is 17.7 Å². The number of amides is 3. The summed E-state index contributed by atoms with van der Waals surface area (Å²) in [5.74, 6) is -1.40. The van der Waals surface area contributed by atoms with Gasteiger partial charge >= 0.3 is 0 Å². The molecule has 3 N–H and O–H groups in total. The van der Waals surface area contributed by atoms with E-state index in [-0.39, 0.29) is 47.7 Å². The highest BCUT2D eigenvalue weighted by Gasteiger charge is 2.37. The third-order valence-electron chi connectivity index (χ3n) is 6.89. The summed E-state index contributed by atoms with van der Waals surface area (Å²) in [5.41, 5.74) is 0.864. The molecule has 2 aliphatic heterocycles. The summed E-state index contributed by atoms with van der Waals surface area (Å²) in [4.78, 5) is 38.8. The van der Waals surface area contributed by atoms with E-state index in [1.165, 1.54) is 12.1 Å². The molecule has 2 fully saturated rings. The number of nitriles is 1. The third kappa shape index (κ3) is 7.02. The van der Waals surface area contributed by atoms with Gasteiger partial charge in [0.25, 0.3) is 0 Å². The maximum Gasteiger partial charge on any atom is 0.243 e. The first kappa shape index (κ1) is 25.7. The number of hydrogen-bond acceptors (Lipinski definition) is 4. The minimum Gasteiger partial charge on any atom is -0.356 e. The van der Waals surface area contributed by atoms with E-state index in [4.69, 9.17) is 0 Å². The molecule has 0 aliphatic carbocycles. The summed E-state index contributed by atoms with van der Waals surface area (Å²) in [7, 11) is 0. The Bertz CT molecular complexity index is 912. The molecule has 0 radical (unpaired) electrons. The molecule has 8 heteroatoms. The van der Waals surface area contributed by atoms with Crippen LogP contribution in [0.3, 0.4) is 0 Å². The van der Waals surface area contributed by atoms with Crippen LogP contribution < -0.4 is 16.0 Å². The number of carbonyl (C=O) groups excluding carboxylic acids is 3. The zero-order chi connectivity index (χ0) is 24.7.